The van der Waals surface area contributed by atoms with Crippen LogP contribution in [0, 0.1) is 13.8 Å². The molecule has 0 aliphatic carbocycles. The number of piperidine rings is 1. The van der Waals surface area contributed by atoms with Crippen molar-refractivity contribution in [3.63, 3.8) is 0 Å². The van der Waals surface area contributed by atoms with E-state index >= 15 is 0 Å². The van der Waals surface area contributed by atoms with Gasteiger partial charge >= 0.3 is 0 Å². The van der Waals surface area contributed by atoms with Crippen molar-refractivity contribution < 1.29 is 27.8 Å². The minimum Gasteiger partial charge on any atom is -0.495 e. The third kappa shape index (κ3) is 5.62. The molecule has 0 saturated carbocycles. The van der Waals surface area contributed by atoms with Crippen LogP contribution in [0.15, 0.2) is 45.8 Å². The highest BCUT2D eigenvalue weighted by molar-refractivity contribution is 9.10. The lowest BCUT2D eigenvalue weighted by molar-refractivity contribution is -0.142. The summed E-state index contributed by atoms with van der Waals surface area (Å²) in [5, 5.41) is 11.1. The molecule has 0 spiro atoms. The van der Waals surface area contributed by atoms with Gasteiger partial charge in [0.25, 0.3) is 0 Å². The van der Waals surface area contributed by atoms with Crippen molar-refractivity contribution in [2.45, 2.75) is 49.7 Å². The zero-order chi connectivity index (χ0) is 26.1. The summed E-state index contributed by atoms with van der Waals surface area (Å²) >= 11 is 3.41. The number of rotatable bonds is 7. The van der Waals surface area contributed by atoms with Gasteiger partial charge in [0.05, 0.1) is 18.8 Å². The van der Waals surface area contributed by atoms with Crippen LogP contribution in [0.2, 0.25) is 0 Å². The van der Waals surface area contributed by atoms with Crippen LogP contribution in [0.5, 0.6) is 5.75 Å². The molecule has 0 aromatic heterocycles. The number of amides is 1. The van der Waals surface area contributed by atoms with Crippen molar-refractivity contribution in [2.24, 2.45) is 0 Å². The lowest BCUT2D eigenvalue weighted by atomic mass is 9.84. The summed E-state index contributed by atoms with van der Waals surface area (Å²) in [6, 6.07) is 11.2. The second kappa shape index (κ2) is 10.8. The Kier molecular flexibility index (Phi) is 8.11. The van der Waals surface area contributed by atoms with Crippen LogP contribution in [-0.4, -0.2) is 74.6 Å². The predicted octanol–water partition coefficient (Wildman–Crippen LogP) is 3.36. The van der Waals surface area contributed by atoms with E-state index in [0.29, 0.717) is 50.2 Å². The van der Waals surface area contributed by atoms with Gasteiger partial charge in [0.2, 0.25) is 15.9 Å². The highest BCUT2D eigenvalue weighted by Gasteiger charge is 2.38. The number of carbonyl (C=O) groups excluding carboxylic acids is 1. The molecule has 2 saturated heterocycles. The molecular weight excluding hydrogens is 548 g/mol. The van der Waals surface area contributed by atoms with E-state index in [0.717, 1.165) is 15.6 Å². The molecule has 2 heterocycles. The van der Waals surface area contributed by atoms with E-state index in [1.54, 1.807) is 17.9 Å². The Morgan fingerprint density at radius 2 is 1.81 bits per heavy atom. The summed E-state index contributed by atoms with van der Waals surface area (Å²) in [7, 11) is -2.29. The summed E-state index contributed by atoms with van der Waals surface area (Å²) in [6.45, 7) is 4.94. The van der Waals surface area contributed by atoms with Gasteiger partial charge in [-0.3, -0.25) is 4.79 Å². The summed E-state index contributed by atoms with van der Waals surface area (Å²) in [6.07, 6.45) is 1.06. The molecule has 8 nitrogen and oxygen atoms in total. The molecule has 1 N–H and O–H groups in total. The molecule has 2 aliphatic rings. The zero-order valence-electron chi connectivity index (χ0n) is 20.9. The topological polar surface area (TPSA) is 96.4 Å². The number of benzene rings is 2. The van der Waals surface area contributed by atoms with E-state index in [-0.39, 0.29) is 30.1 Å². The first kappa shape index (κ1) is 27.1. The lowest BCUT2D eigenvalue weighted by Crippen LogP contribution is -2.46. The van der Waals surface area contributed by atoms with Crippen LogP contribution in [0.3, 0.4) is 0 Å². The smallest absolute Gasteiger partial charge is 0.248 e. The molecule has 1 unspecified atom stereocenters. The van der Waals surface area contributed by atoms with Crippen LogP contribution < -0.4 is 4.74 Å². The fraction of sp³-hybridized carbons (Fsp3) is 0.500. The number of aliphatic hydroxyl groups is 1. The van der Waals surface area contributed by atoms with Crippen LogP contribution in [0.1, 0.15) is 36.0 Å². The Morgan fingerprint density at radius 3 is 2.44 bits per heavy atom. The second-order valence-corrected chi connectivity index (χ2v) is 12.4. The third-order valence-corrected chi connectivity index (χ3v) is 9.66. The monoisotopic (exact) mass is 580 g/mol. The first-order valence-electron chi connectivity index (χ1n) is 12.1. The van der Waals surface area contributed by atoms with Crippen molar-refractivity contribution in [3.05, 3.63) is 57.6 Å². The molecule has 0 radical (unpaired) electrons. The van der Waals surface area contributed by atoms with Gasteiger partial charge in [0, 0.05) is 30.7 Å². The number of carbonyl (C=O) groups is 1. The average Bonchev–Trinajstić information content (AvgIpc) is 3.32. The Balaban J connectivity index is 1.31. The first-order valence-corrected chi connectivity index (χ1v) is 14.3. The predicted molar refractivity (Wildman–Crippen MR) is 139 cm³/mol. The van der Waals surface area contributed by atoms with Gasteiger partial charge in [-0.2, -0.15) is 4.31 Å². The molecule has 2 aromatic carbocycles. The fourth-order valence-corrected chi connectivity index (χ4v) is 7.13. The maximum Gasteiger partial charge on any atom is 0.248 e. The van der Waals surface area contributed by atoms with E-state index < -0.39 is 15.6 Å². The molecule has 1 atom stereocenters. The SMILES string of the molecule is COc1cc(C)cc(C)c1S(=O)(=O)N1CCC(OCC(=O)N2CCC(O)(c3ccc(Br)cc3)CC2)C1. The van der Waals surface area contributed by atoms with E-state index in [2.05, 4.69) is 15.9 Å². The van der Waals surface area contributed by atoms with Gasteiger partial charge in [-0.15, -0.1) is 0 Å². The average molecular weight is 582 g/mol. The van der Waals surface area contributed by atoms with E-state index in [1.165, 1.54) is 11.4 Å². The quantitative estimate of drug-likeness (QED) is 0.539. The van der Waals surface area contributed by atoms with Gasteiger partial charge in [-0.05, 0) is 68.0 Å². The molecule has 1 amide bonds. The number of hydrogen-bond acceptors (Lipinski definition) is 6. The molecule has 2 fully saturated rings. The molecule has 0 bridgehead atoms. The van der Waals surface area contributed by atoms with Crippen LogP contribution >= 0.6 is 15.9 Å². The molecule has 36 heavy (non-hydrogen) atoms. The van der Waals surface area contributed by atoms with Crippen molar-refractivity contribution in [3.8, 4) is 5.75 Å². The van der Waals surface area contributed by atoms with Crippen LogP contribution in [-0.2, 0) is 25.2 Å². The van der Waals surface area contributed by atoms with E-state index in [9.17, 15) is 18.3 Å². The third-order valence-electron chi connectivity index (χ3n) is 7.08. The highest BCUT2D eigenvalue weighted by Crippen LogP contribution is 2.35. The maximum absolute atomic E-state index is 13.4. The zero-order valence-corrected chi connectivity index (χ0v) is 23.3. The lowest BCUT2D eigenvalue weighted by Gasteiger charge is -2.38. The van der Waals surface area contributed by atoms with Crippen molar-refractivity contribution in [1.82, 2.24) is 9.21 Å². The Morgan fingerprint density at radius 1 is 1.14 bits per heavy atom. The standard InChI is InChI=1S/C26H33BrN2O6S/c1-18-14-19(2)25(23(15-18)34-3)36(32,33)29-11-8-22(16-29)35-17-24(30)28-12-9-26(31,10-13-28)20-4-6-21(27)7-5-20/h4-7,14-15,22,31H,8-13,16-17H2,1-3H3. The van der Waals surface area contributed by atoms with Gasteiger partial charge in [0.15, 0.2) is 0 Å². The van der Waals surface area contributed by atoms with Crippen molar-refractivity contribution >= 4 is 31.9 Å². The Labute approximate surface area is 221 Å². The number of ether oxygens (including phenoxy) is 2. The molecule has 4 rings (SSSR count). The molecular formula is C26H33BrN2O6S. The van der Waals surface area contributed by atoms with Gasteiger partial charge < -0.3 is 19.5 Å². The number of nitrogens with zero attached hydrogens (tertiary/aromatic N) is 2. The van der Waals surface area contributed by atoms with E-state index in [1.807, 2.05) is 37.3 Å². The summed E-state index contributed by atoms with van der Waals surface area (Å²) in [5.74, 6) is 0.186. The van der Waals surface area contributed by atoms with Gasteiger partial charge in [0.1, 0.15) is 17.3 Å². The minimum absolute atomic E-state index is 0.109. The summed E-state index contributed by atoms with van der Waals surface area (Å²) in [5.41, 5.74) is 1.46. The molecule has 196 valence electrons. The van der Waals surface area contributed by atoms with Crippen molar-refractivity contribution in [2.75, 3.05) is 39.9 Å². The largest absolute Gasteiger partial charge is 0.495 e. The molecule has 10 heteroatoms. The minimum atomic E-state index is -3.76. The highest BCUT2D eigenvalue weighted by atomic mass is 79.9. The second-order valence-electron chi connectivity index (χ2n) is 9.62. The van der Waals surface area contributed by atoms with Crippen LogP contribution in [0.4, 0.5) is 0 Å². The number of halogens is 1. The van der Waals surface area contributed by atoms with Crippen LogP contribution in [0.25, 0.3) is 0 Å². The summed E-state index contributed by atoms with van der Waals surface area (Å²) in [4.78, 5) is 14.7. The van der Waals surface area contributed by atoms with Crippen molar-refractivity contribution in [1.29, 1.82) is 0 Å². The number of aryl methyl sites for hydroxylation is 2. The first-order chi connectivity index (χ1) is 17.0. The summed E-state index contributed by atoms with van der Waals surface area (Å²) < 4.78 is 40.3. The maximum atomic E-state index is 13.4. The number of hydrogen-bond donors (Lipinski definition) is 1. The number of methoxy groups -OCH3 is 1. The molecule has 2 aliphatic heterocycles. The Hall–Kier alpha value is -1.98. The van der Waals surface area contributed by atoms with Gasteiger partial charge in [-0.25, -0.2) is 8.42 Å². The number of likely N-dealkylation sites (tertiary alicyclic amines) is 1. The Bertz CT molecular complexity index is 1210. The molecule has 2 aromatic rings. The van der Waals surface area contributed by atoms with E-state index in [4.69, 9.17) is 9.47 Å². The number of sulfonamides is 1. The van der Waals surface area contributed by atoms with Gasteiger partial charge in [-0.1, -0.05) is 34.1 Å². The normalized spacial score (nSPS) is 20.5. The fourth-order valence-electron chi connectivity index (χ4n) is 5.03.